The summed E-state index contributed by atoms with van der Waals surface area (Å²) in [5.74, 6) is 4.37. The second kappa shape index (κ2) is 6.46. The van der Waals surface area contributed by atoms with Crippen LogP contribution in [0.1, 0.15) is 78.1 Å². The zero-order valence-electron chi connectivity index (χ0n) is 16.8. The van der Waals surface area contributed by atoms with Crippen LogP contribution in [0.15, 0.2) is 0 Å². The SMILES string of the molecule is CC[C@@H]1CCC2C(CCC3CC4(CCC32C)OCCO4)C2CC[C@H](O)C21. The summed E-state index contributed by atoms with van der Waals surface area (Å²) in [6.45, 7) is 6.54. The van der Waals surface area contributed by atoms with Gasteiger partial charge in [-0.2, -0.15) is 0 Å². The van der Waals surface area contributed by atoms with E-state index < -0.39 is 0 Å². The average Bonchev–Trinajstić information content (AvgIpc) is 3.20. The molecule has 0 aromatic heterocycles. The Kier molecular flexibility index (Phi) is 4.46. The Balaban J connectivity index is 1.42. The first-order chi connectivity index (χ1) is 12.6. The van der Waals surface area contributed by atoms with E-state index in [1.165, 1.54) is 44.9 Å². The lowest BCUT2D eigenvalue weighted by atomic mass is 9.49. The molecule has 148 valence electrons. The first-order valence-electron chi connectivity index (χ1n) is 11.5. The van der Waals surface area contributed by atoms with E-state index in [-0.39, 0.29) is 11.9 Å². The van der Waals surface area contributed by atoms with Crippen molar-refractivity contribution in [3.8, 4) is 0 Å². The summed E-state index contributed by atoms with van der Waals surface area (Å²) in [5, 5.41) is 10.7. The van der Waals surface area contributed by atoms with Crippen LogP contribution in [-0.2, 0) is 9.47 Å². The minimum absolute atomic E-state index is 0.0239. The van der Waals surface area contributed by atoms with E-state index in [2.05, 4.69) is 13.8 Å². The van der Waals surface area contributed by atoms with Crippen molar-refractivity contribution in [3.05, 3.63) is 0 Å². The number of hydrogen-bond acceptors (Lipinski definition) is 3. The van der Waals surface area contributed by atoms with Crippen molar-refractivity contribution in [2.45, 2.75) is 89.9 Å². The Morgan fingerprint density at radius 1 is 0.923 bits per heavy atom. The highest BCUT2D eigenvalue weighted by molar-refractivity contribution is 5.07. The molecule has 5 fully saturated rings. The number of hydrogen-bond donors (Lipinski definition) is 1. The largest absolute Gasteiger partial charge is 0.393 e. The van der Waals surface area contributed by atoms with Gasteiger partial charge in [0.15, 0.2) is 5.79 Å². The monoisotopic (exact) mass is 362 g/mol. The maximum absolute atomic E-state index is 10.7. The third-order valence-electron chi connectivity index (χ3n) is 9.76. The van der Waals surface area contributed by atoms with Gasteiger partial charge in [0.2, 0.25) is 0 Å². The van der Waals surface area contributed by atoms with Gasteiger partial charge >= 0.3 is 0 Å². The van der Waals surface area contributed by atoms with E-state index in [4.69, 9.17) is 9.47 Å². The molecule has 4 aliphatic carbocycles. The van der Waals surface area contributed by atoms with Gasteiger partial charge in [0.25, 0.3) is 0 Å². The number of ether oxygens (including phenoxy) is 2. The fraction of sp³-hybridized carbons (Fsp3) is 1.00. The Labute approximate surface area is 159 Å². The van der Waals surface area contributed by atoms with Crippen LogP contribution < -0.4 is 0 Å². The minimum atomic E-state index is -0.236. The topological polar surface area (TPSA) is 38.7 Å². The van der Waals surface area contributed by atoms with Crippen LogP contribution in [0.3, 0.4) is 0 Å². The molecule has 0 bridgehead atoms. The lowest BCUT2D eigenvalue weighted by Crippen LogP contribution is -2.53. The second-order valence-corrected chi connectivity index (χ2v) is 10.5. The number of aliphatic hydroxyl groups excluding tert-OH is 1. The lowest BCUT2D eigenvalue weighted by molar-refractivity contribution is -0.223. The molecule has 0 amide bonds. The number of rotatable bonds is 1. The molecule has 3 heteroatoms. The number of fused-ring (bicyclic) bond motifs is 5. The molecule has 0 aromatic carbocycles. The summed E-state index contributed by atoms with van der Waals surface area (Å²) < 4.78 is 12.2. The maximum atomic E-state index is 10.7. The first-order valence-corrected chi connectivity index (χ1v) is 11.5. The van der Waals surface area contributed by atoms with Crippen LogP contribution in [0, 0.1) is 40.9 Å². The van der Waals surface area contributed by atoms with Crippen molar-refractivity contribution in [1.29, 1.82) is 0 Å². The summed E-state index contributed by atoms with van der Waals surface area (Å²) in [5.41, 5.74) is 0.463. The normalized spacial score (nSPS) is 53.0. The maximum Gasteiger partial charge on any atom is 0.168 e. The van der Waals surface area contributed by atoms with Crippen molar-refractivity contribution in [2.75, 3.05) is 13.2 Å². The predicted molar refractivity (Wildman–Crippen MR) is 102 cm³/mol. The molecule has 5 aliphatic rings. The molecule has 1 heterocycles. The molecule has 3 nitrogen and oxygen atoms in total. The molecule has 1 N–H and O–H groups in total. The zero-order valence-corrected chi connectivity index (χ0v) is 16.8. The van der Waals surface area contributed by atoms with E-state index in [1.54, 1.807) is 0 Å². The van der Waals surface area contributed by atoms with Crippen molar-refractivity contribution in [2.24, 2.45) is 40.9 Å². The van der Waals surface area contributed by atoms with Crippen LogP contribution in [0.2, 0.25) is 0 Å². The van der Waals surface area contributed by atoms with Gasteiger partial charge in [-0.15, -0.1) is 0 Å². The first kappa shape index (κ1) is 17.9. The quantitative estimate of drug-likeness (QED) is 0.730. The van der Waals surface area contributed by atoms with Crippen LogP contribution in [0.5, 0.6) is 0 Å². The Morgan fingerprint density at radius 3 is 2.46 bits per heavy atom. The van der Waals surface area contributed by atoms with Gasteiger partial charge < -0.3 is 14.6 Å². The summed E-state index contributed by atoms with van der Waals surface area (Å²) in [6.07, 6.45) is 12.5. The van der Waals surface area contributed by atoms with Crippen molar-refractivity contribution in [1.82, 2.24) is 0 Å². The van der Waals surface area contributed by atoms with E-state index in [9.17, 15) is 5.11 Å². The fourth-order valence-corrected chi connectivity index (χ4v) is 8.45. The molecule has 8 atom stereocenters. The molecule has 4 saturated carbocycles. The molecular formula is C23H38O3. The van der Waals surface area contributed by atoms with E-state index >= 15 is 0 Å². The standard InChI is InChI=1S/C23H38O3/c1-3-15-4-8-19-17(18-7-9-20(24)21(15)18)6-5-16-14-23(25-12-13-26-23)11-10-22(16,19)2/h15-21,24H,3-14H2,1-2H3/t15-,16?,17?,18?,19?,20+,21?,22?/m1/s1. The fourth-order valence-electron chi connectivity index (χ4n) is 8.45. The Morgan fingerprint density at radius 2 is 1.69 bits per heavy atom. The van der Waals surface area contributed by atoms with Gasteiger partial charge in [-0.05, 0) is 85.9 Å². The van der Waals surface area contributed by atoms with E-state index in [1.807, 2.05) is 0 Å². The van der Waals surface area contributed by atoms with Gasteiger partial charge in [0.05, 0.1) is 19.3 Å². The van der Waals surface area contributed by atoms with Crippen molar-refractivity contribution in [3.63, 3.8) is 0 Å². The van der Waals surface area contributed by atoms with E-state index in [0.29, 0.717) is 11.3 Å². The highest BCUT2D eigenvalue weighted by atomic mass is 16.7. The minimum Gasteiger partial charge on any atom is -0.393 e. The summed E-state index contributed by atoms with van der Waals surface area (Å²) in [7, 11) is 0. The highest BCUT2D eigenvalue weighted by Crippen LogP contribution is 2.64. The van der Waals surface area contributed by atoms with E-state index in [0.717, 1.165) is 62.1 Å². The van der Waals surface area contributed by atoms with Gasteiger partial charge in [0, 0.05) is 12.8 Å². The average molecular weight is 363 g/mol. The molecule has 6 unspecified atom stereocenters. The molecule has 1 saturated heterocycles. The second-order valence-electron chi connectivity index (χ2n) is 10.5. The third-order valence-corrected chi connectivity index (χ3v) is 9.76. The molecule has 1 aliphatic heterocycles. The van der Waals surface area contributed by atoms with Crippen LogP contribution in [0.25, 0.3) is 0 Å². The zero-order chi connectivity index (χ0) is 17.9. The Hall–Kier alpha value is -0.120. The molecule has 0 aromatic rings. The van der Waals surface area contributed by atoms with Crippen molar-refractivity contribution >= 4 is 0 Å². The third kappa shape index (κ3) is 2.56. The summed E-state index contributed by atoms with van der Waals surface area (Å²) in [4.78, 5) is 0. The summed E-state index contributed by atoms with van der Waals surface area (Å²) in [6, 6.07) is 0. The molecule has 0 radical (unpaired) electrons. The van der Waals surface area contributed by atoms with Crippen LogP contribution >= 0.6 is 0 Å². The van der Waals surface area contributed by atoms with Gasteiger partial charge in [0.1, 0.15) is 0 Å². The van der Waals surface area contributed by atoms with Gasteiger partial charge in [-0.3, -0.25) is 0 Å². The molecular weight excluding hydrogens is 324 g/mol. The van der Waals surface area contributed by atoms with Crippen LogP contribution in [0.4, 0.5) is 0 Å². The van der Waals surface area contributed by atoms with Crippen molar-refractivity contribution < 1.29 is 14.6 Å². The summed E-state index contributed by atoms with van der Waals surface area (Å²) >= 11 is 0. The predicted octanol–water partition coefficient (Wildman–Crippen LogP) is 4.77. The molecule has 5 rings (SSSR count). The number of aliphatic hydroxyl groups is 1. The van der Waals surface area contributed by atoms with Crippen LogP contribution in [-0.4, -0.2) is 30.2 Å². The smallest absolute Gasteiger partial charge is 0.168 e. The Bertz CT molecular complexity index is 528. The lowest BCUT2D eigenvalue weighted by Gasteiger charge is -2.57. The highest BCUT2D eigenvalue weighted by Gasteiger charge is 2.59. The molecule has 26 heavy (non-hydrogen) atoms. The van der Waals surface area contributed by atoms with Gasteiger partial charge in [-0.1, -0.05) is 20.3 Å². The van der Waals surface area contributed by atoms with Gasteiger partial charge in [-0.25, -0.2) is 0 Å². The molecule has 1 spiro atoms.